The molecule has 0 N–H and O–H groups in total. The highest BCUT2D eigenvalue weighted by atomic mass is 32.2. The fourth-order valence-electron chi connectivity index (χ4n) is 2.72. The van der Waals surface area contributed by atoms with Gasteiger partial charge in [0.05, 0.1) is 13.2 Å². The smallest absolute Gasteiger partial charge is 0.246 e. The summed E-state index contributed by atoms with van der Waals surface area (Å²) in [6, 6.07) is 8.72. The Morgan fingerprint density at radius 1 is 1.17 bits per heavy atom. The molecule has 0 bridgehead atoms. The van der Waals surface area contributed by atoms with Gasteiger partial charge in [0.1, 0.15) is 0 Å². The molecule has 0 aromatic heterocycles. The third-order valence-electron chi connectivity index (χ3n) is 4.03. The molecule has 128 valence electrons. The Morgan fingerprint density at radius 2 is 1.74 bits per heavy atom. The summed E-state index contributed by atoms with van der Waals surface area (Å²) in [6.45, 7) is 5.97. The van der Waals surface area contributed by atoms with Crippen LogP contribution in [0.4, 0.5) is 0 Å². The summed E-state index contributed by atoms with van der Waals surface area (Å²) < 4.78 is 32.8. The van der Waals surface area contributed by atoms with E-state index in [2.05, 4.69) is 0 Å². The predicted octanol–water partition coefficient (Wildman–Crippen LogP) is 1.26. The number of morpholine rings is 1. The van der Waals surface area contributed by atoms with Gasteiger partial charge in [-0.1, -0.05) is 30.3 Å². The van der Waals surface area contributed by atoms with Crippen molar-refractivity contribution in [3.63, 3.8) is 0 Å². The Kier molecular flexibility index (Phi) is 6.15. The van der Waals surface area contributed by atoms with E-state index in [-0.39, 0.29) is 19.0 Å². The van der Waals surface area contributed by atoms with Gasteiger partial charge in [-0.3, -0.25) is 4.79 Å². The number of carbonyl (C=O) groups excluding carboxylic acids is 1. The SMILES string of the molecule is CCN(CC)C(=O)C(c1ccccc1)S(=O)(=O)N1CCOCC1. The molecule has 0 spiro atoms. The number of ether oxygens (including phenoxy) is 1. The van der Waals surface area contributed by atoms with Gasteiger partial charge in [0.2, 0.25) is 15.9 Å². The summed E-state index contributed by atoms with van der Waals surface area (Å²) in [5.74, 6) is -0.368. The summed E-state index contributed by atoms with van der Waals surface area (Å²) in [5, 5.41) is -1.19. The van der Waals surface area contributed by atoms with E-state index >= 15 is 0 Å². The minimum atomic E-state index is -3.78. The quantitative estimate of drug-likeness (QED) is 0.782. The third-order valence-corrected chi connectivity index (χ3v) is 6.18. The van der Waals surface area contributed by atoms with Crippen molar-refractivity contribution in [1.29, 1.82) is 0 Å². The van der Waals surface area contributed by atoms with E-state index in [0.29, 0.717) is 31.9 Å². The molecule has 1 aliphatic rings. The van der Waals surface area contributed by atoms with Crippen LogP contribution in [0.5, 0.6) is 0 Å². The fraction of sp³-hybridized carbons (Fsp3) is 0.562. The lowest BCUT2D eigenvalue weighted by Crippen LogP contribution is -2.47. The minimum Gasteiger partial charge on any atom is -0.379 e. The number of nitrogens with zero attached hydrogens (tertiary/aromatic N) is 2. The normalized spacial score (nSPS) is 17.7. The van der Waals surface area contributed by atoms with Crippen molar-refractivity contribution in [3.8, 4) is 0 Å². The largest absolute Gasteiger partial charge is 0.379 e. The van der Waals surface area contributed by atoms with Gasteiger partial charge in [0, 0.05) is 26.2 Å². The molecule has 0 aliphatic carbocycles. The van der Waals surface area contributed by atoms with Gasteiger partial charge in [-0.15, -0.1) is 0 Å². The van der Waals surface area contributed by atoms with Crippen LogP contribution in [0.15, 0.2) is 30.3 Å². The molecule has 1 aliphatic heterocycles. The number of sulfonamides is 1. The van der Waals surface area contributed by atoms with Crippen LogP contribution in [0.3, 0.4) is 0 Å². The van der Waals surface area contributed by atoms with E-state index in [1.807, 2.05) is 19.9 Å². The summed E-state index contributed by atoms with van der Waals surface area (Å²) in [6.07, 6.45) is 0. The van der Waals surface area contributed by atoms with Crippen molar-refractivity contribution < 1.29 is 17.9 Å². The second-order valence-electron chi connectivity index (χ2n) is 5.36. The highest BCUT2D eigenvalue weighted by molar-refractivity contribution is 7.90. The minimum absolute atomic E-state index is 0.289. The van der Waals surface area contributed by atoms with Crippen LogP contribution >= 0.6 is 0 Å². The molecule has 1 aromatic carbocycles. The van der Waals surface area contributed by atoms with Gasteiger partial charge < -0.3 is 9.64 Å². The zero-order valence-corrected chi connectivity index (χ0v) is 14.5. The monoisotopic (exact) mass is 340 g/mol. The van der Waals surface area contributed by atoms with Crippen molar-refractivity contribution >= 4 is 15.9 Å². The molecular weight excluding hydrogens is 316 g/mol. The molecule has 0 radical (unpaired) electrons. The van der Waals surface area contributed by atoms with Crippen molar-refractivity contribution in [2.45, 2.75) is 19.1 Å². The van der Waals surface area contributed by atoms with Gasteiger partial charge in [0.15, 0.2) is 5.25 Å². The van der Waals surface area contributed by atoms with Crippen molar-refractivity contribution in [3.05, 3.63) is 35.9 Å². The summed E-state index contributed by atoms with van der Waals surface area (Å²) in [4.78, 5) is 14.4. The number of carbonyl (C=O) groups is 1. The maximum absolute atomic E-state index is 13.1. The first-order chi connectivity index (χ1) is 11.0. The summed E-state index contributed by atoms with van der Waals surface area (Å²) in [5.41, 5.74) is 0.510. The lowest BCUT2D eigenvalue weighted by Gasteiger charge is -2.32. The maximum Gasteiger partial charge on any atom is 0.246 e. The lowest BCUT2D eigenvalue weighted by atomic mass is 10.1. The first kappa shape index (κ1) is 17.9. The van der Waals surface area contributed by atoms with Gasteiger partial charge in [-0.05, 0) is 19.4 Å². The van der Waals surface area contributed by atoms with Crippen LogP contribution in [0.2, 0.25) is 0 Å². The number of benzene rings is 1. The number of hydrogen-bond donors (Lipinski definition) is 0. The number of rotatable bonds is 6. The average molecular weight is 340 g/mol. The summed E-state index contributed by atoms with van der Waals surface area (Å²) >= 11 is 0. The molecule has 2 rings (SSSR count). The second-order valence-corrected chi connectivity index (χ2v) is 7.38. The van der Waals surface area contributed by atoms with Crippen LogP contribution in [-0.2, 0) is 19.6 Å². The summed E-state index contributed by atoms with van der Waals surface area (Å²) in [7, 11) is -3.78. The first-order valence-electron chi connectivity index (χ1n) is 7.92. The van der Waals surface area contributed by atoms with Gasteiger partial charge in [-0.25, -0.2) is 8.42 Å². The van der Waals surface area contributed by atoms with Gasteiger partial charge >= 0.3 is 0 Å². The highest BCUT2D eigenvalue weighted by Gasteiger charge is 2.40. The van der Waals surface area contributed by atoms with Crippen LogP contribution in [0.1, 0.15) is 24.7 Å². The first-order valence-corrected chi connectivity index (χ1v) is 9.43. The van der Waals surface area contributed by atoms with Crippen molar-refractivity contribution in [1.82, 2.24) is 9.21 Å². The van der Waals surface area contributed by atoms with E-state index in [1.54, 1.807) is 29.2 Å². The molecule has 1 fully saturated rings. The molecule has 1 unspecified atom stereocenters. The maximum atomic E-state index is 13.1. The Balaban J connectivity index is 2.42. The lowest BCUT2D eigenvalue weighted by molar-refractivity contribution is -0.130. The second kappa shape index (κ2) is 7.90. The van der Waals surface area contributed by atoms with E-state index in [9.17, 15) is 13.2 Å². The molecule has 1 heterocycles. The van der Waals surface area contributed by atoms with Crippen LogP contribution in [-0.4, -0.2) is 62.9 Å². The molecular formula is C16H24N2O4S. The Morgan fingerprint density at radius 3 is 2.26 bits per heavy atom. The van der Waals surface area contributed by atoms with E-state index in [4.69, 9.17) is 4.74 Å². The number of amides is 1. The molecule has 7 heteroatoms. The number of likely N-dealkylation sites (N-methyl/N-ethyl adjacent to an activating group) is 1. The van der Waals surface area contributed by atoms with Crippen LogP contribution in [0.25, 0.3) is 0 Å². The molecule has 1 saturated heterocycles. The Labute approximate surface area is 138 Å². The predicted molar refractivity (Wildman–Crippen MR) is 88.4 cm³/mol. The molecule has 0 saturated carbocycles. The zero-order chi connectivity index (χ0) is 16.9. The number of hydrogen-bond acceptors (Lipinski definition) is 4. The van der Waals surface area contributed by atoms with E-state index in [1.165, 1.54) is 4.31 Å². The topological polar surface area (TPSA) is 66.9 Å². The van der Waals surface area contributed by atoms with Crippen molar-refractivity contribution in [2.24, 2.45) is 0 Å². The Bertz CT molecular complexity index is 608. The highest BCUT2D eigenvalue weighted by Crippen LogP contribution is 2.28. The molecule has 1 aromatic rings. The van der Waals surface area contributed by atoms with Gasteiger partial charge in [-0.2, -0.15) is 4.31 Å². The van der Waals surface area contributed by atoms with Crippen LogP contribution in [0, 0.1) is 0 Å². The zero-order valence-electron chi connectivity index (χ0n) is 13.6. The third kappa shape index (κ3) is 3.91. The molecule has 23 heavy (non-hydrogen) atoms. The molecule has 1 amide bonds. The van der Waals surface area contributed by atoms with E-state index < -0.39 is 15.3 Å². The average Bonchev–Trinajstić information content (AvgIpc) is 2.58. The fourth-order valence-corrected chi connectivity index (χ4v) is 4.58. The standard InChI is InChI=1S/C16H24N2O4S/c1-3-17(4-2)16(19)15(14-8-6-5-7-9-14)23(20,21)18-10-12-22-13-11-18/h5-9,15H,3-4,10-13H2,1-2H3. The Hall–Kier alpha value is -1.44. The van der Waals surface area contributed by atoms with Crippen molar-refractivity contribution in [2.75, 3.05) is 39.4 Å². The molecule has 1 atom stereocenters. The molecule has 6 nitrogen and oxygen atoms in total. The van der Waals surface area contributed by atoms with Crippen LogP contribution < -0.4 is 0 Å². The van der Waals surface area contributed by atoms with E-state index in [0.717, 1.165) is 0 Å². The van der Waals surface area contributed by atoms with Gasteiger partial charge in [0.25, 0.3) is 0 Å².